The Morgan fingerprint density at radius 2 is 2.32 bits per heavy atom. The number of hydrogen-bond acceptors (Lipinski definition) is 5. The van der Waals surface area contributed by atoms with Gasteiger partial charge in [0.25, 0.3) is 0 Å². The van der Waals surface area contributed by atoms with Crippen molar-refractivity contribution in [1.82, 2.24) is 15.1 Å². The Morgan fingerprint density at radius 3 is 3.18 bits per heavy atom. The maximum atomic E-state index is 12.5. The van der Waals surface area contributed by atoms with Gasteiger partial charge in [0.05, 0.1) is 39.0 Å². The monoisotopic (exact) mass is 384 g/mol. The van der Waals surface area contributed by atoms with Gasteiger partial charge in [-0.2, -0.15) is 5.10 Å². The second-order valence-electron chi connectivity index (χ2n) is 7.04. The number of carbonyl (C=O) groups excluding carboxylic acids is 2. The fraction of sp³-hybridized carbons (Fsp3) is 0.450. The van der Waals surface area contributed by atoms with E-state index in [1.807, 2.05) is 35.1 Å². The van der Waals surface area contributed by atoms with Crippen molar-refractivity contribution in [3.8, 4) is 5.75 Å². The van der Waals surface area contributed by atoms with Crippen LogP contribution in [0, 0.1) is 5.92 Å². The smallest absolute Gasteiger partial charge is 0.227 e. The maximum absolute atomic E-state index is 12.5. The fourth-order valence-electron chi connectivity index (χ4n) is 3.74. The van der Waals surface area contributed by atoms with Gasteiger partial charge in [-0.3, -0.25) is 14.3 Å². The molecule has 1 aromatic heterocycles. The molecule has 0 radical (unpaired) electrons. The first-order chi connectivity index (χ1) is 13.7. The Morgan fingerprint density at radius 1 is 1.43 bits per heavy atom. The summed E-state index contributed by atoms with van der Waals surface area (Å²) >= 11 is 0. The Bertz CT molecular complexity index is 879. The molecule has 0 aliphatic carbocycles. The van der Waals surface area contributed by atoms with E-state index >= 15 is 0 Å². The molecule has 148 valence electrons. The van der Waals surface area contributed by atoms with E-state index in [1.54, 1.807) is 12.0 Å². The van der Waals surface area contributed by atoms with Crippen LogP contribution in [-0.2, 0) is 33.9 Å². The van der Waals surface area contributed by atoms with Crippen LogP contribution in [0.25, 0.3) is 0 Å². The van der Waals surface area contributed by atoms with Gasteiger partial charge in [0.2, 0.25) is 11.8 Å². The van der Waals surface area contributed by atoms with Crippen LogP contribution in [0.2, 0.25) is 0 Å². The lowest BCUT2D eigenvalue weighted by Crippen LogP contribution is -2.35. The number of rotatable bonds is 6. The number of nitrogens with one attached hydrogen (secondary N) is 1. The van der Waals surface area contributed by atoms with Crippen LogP contribution in [-0.4, -0.2) is 48.4 Å². The molecule has 8 heteroatoms. The van der Waals surface area contributed by atoms with Crippen molar-refractivity contribution in [1.29, 1.82) is 0 Å². The van der Waals surface area contributed by atoms with E-state index in [9.17, 15) is 9.59 Å². The van der Waals surface area contributed by atoms with Crippen LogP contribution in [0.1, 0.15) is 17.7 Å². The van der Waals surface area contributed by atoms with Gasteiger partial charge in [-0.1, -0.05) is 6.07 Å². The molecule has 2 aliphatic rings. The van der Waals surface area contributed by atoms with E-state index in [4.69, 9.17) is 9.47 Å². The summed E-state index contributed by atoms with van der Waals surface area (Å²) in [6, 6.07) is 7.33. The summed E-state index contributed by atoms with van der Waals surface area (Å²) < 4.78 is 12.6. The summed E-state index contributed by atoms with van der Waals surface area (Å²) in [4.78, 5) is 26.6. The van der Waals surface area contributed by atoms with Crippen molar-refractivity contribution < 1.29 is 19.1 Å². The molecule has 2 aromatic rings. The van der Waals surface area contributed by atoms with E-state index in [2.05, 4.69) is 10.4 Å². The number of carbonyl (C=O) groups is 2. The summed E-state index contributed by atoms with van der Waals surface area (Å²) in [7, 11) is 1.59. The Balaban J connectivity index is 1.32. The minimum absolute atomic E-state index is 0.0467. The van der Waals surface area contributed by atoms with Crippen molar-refractivity contribution in [2.45, 2.75) is 26.0 Å². The molecule has 0 bridgehead atoms. The van der Waals surface area contributed by atoms with Gasteiger partial charge in [-0.05, 0) is 12.1 Å². The molecule has 0 saturated carbocycles. The zero-order chi connectivity index (χ0) is 19.5. The van der Waals surface area contributed by atoms with Crippen LogP contribution in [0.5, 0.6) is 5.75 Å². The normalized spacial score (nSPS) is 18.8. The highest BCUT2D eigenvalue weighted by Crippen LogP contribution is 2.28. The van der Waals surface area contributed by atoms with Crippen molar-refractivity contribution >= 4 is 17.5 Å². The van der Waals surface area contributed by atoms with Crippen LogP contribution >= 0.6 is 0 Å². The highest BCUT2D eigenvalue weighted by Gasteiger charge is 2.35. The molecule has 1 saturated heterocycles. The summed E-state index contributed by atoms with van der Waals surface area (Å²) in [5, 5.41) is 7.33. The van der Waals surface area contributed by atoms with Gasteiger partial charge < -0.3 is 19.7 Å². The van der Waals surface area contributed by atoms with Gasteiger partial charge in [-0.15, -0.1) is 0 Å². The second-order valence-corrected chi connectivity index (χ2v) is 7.04. The quantitative estimate of drug-likeness (QED) is 0.807. The number of aromatic nitrogens is 2. The van der Waals surface area contributed by atoms with E-state index in [1.165, 1.54) is 5.69 Å². The number of nitrogens with zero attached hydrogens (tertiary/aromatic N) is 3. The van der Waals surface area contributed by atoms with Crippen LogP contribution in [0.3, 0.4) is 0 Å². The molecule has 0 spiro atoms. The predicted molar refractivity (Wildman–Crippen MR) is 102 cm³/mol. The lowest BCUT2D eigenvalue weighted by molar-refractivity contribution is -0.126. The van der Waals surface area contributed by atoms with Crippen molar-refractivity contribution in [3.63, 3.8) is 0 Å². The molecule has 1 fully saturated rings. The van der Waals surface area contributed by atoms with Crippen molar-refractivity contribution in [2.24, 2.45) is 5.92 Å². The number of ether oxygens (including phenoxy) is 2. The van der Waals surface area contributed by atoms with E-state index in [0.717, 1.165) is 17.7 Å². The average Bonchev–Trinajstić information content (AvgIpc) is 3.32. The van der Waals surface area contributed by atoms with Gasteiger partial charge in [0.15, 0.2) is 0 Å². The van der Waals surface area contributed by atoms with E-state index in [0.29, 0.717) is 38.6 Å². The summed E-state index contributed by atoms with van der Waals surface area (Å²) in [5.74, 6) is 0.197. The minimum atomic E-state index is -0.348. The number of benzene rings is 1. The van der Waals surface area contributed by atoms with E-state index < -0.39 is 0 Å². The average molecular weight is 384 g/mol. The molecule has 1 atom stereocenters. The molecule has 2 amide bonds. The molecule has 3 heterocycles. The number of anilines is 1. The van der Waals surface area contributed by atoms with Crippen LogP contribution < -0.4 is 15.0 Å². The second kappa shape index (κ2) is 8.02. The topological polar surface area (TPSA) is 85.7 Å². The highest BCUT2D eigenvalue weighted by atomic mass is 16.5. The zero-order valence-electron chi connectivity index (χ0n) is 15.9. The zero-order valence-corrected chi connectivity index (χ0v) is 15.9. The first kappa shape index (κ1) is 18.5. The third kappa shape index (κ3) is 3.73. The SMILES string of the molecule is COc1cccc(N2CC(C(=O)NCCn3ncc4c3CCOC4)CC2=O)c1. The van der Waals surface area contributed by atoms with Crippen molar-refractivity contribution in [3.05, 3.63) is 41.7 Å². The first-order valence-corrected chi connectivity index (χ1v) is 9.49. The van der Waals surface area contributed by atoms with Gasteiger partial charge >= 0.3 is 0 Å². The standard InChI is InChI=1S/C20H24N4O4/c1-27-17-4-2-3-16(10-17)23-12-14(9-19(23)25)20(26)21-6-7-24-18-5-8-28-13-15(18)11-22-24/h2-4,10-11,14H,5-9,12-13H2,1H3,(H,21,26). The number of amides is 2. The molecule has 1 unspecified atom stereocenters. The predicted octanol–water partition coefficient (Wildman–Crippen LogP) is 1.13. The largest absolute Gasteiger partial charge is 0.497 e. The molecular weight excluding hydrogens is 360 g/mol. The number of hydrogen-bond donors (Lipinski definition) is 1. The molecule has 2 aliphatic heterocycles. The van der Waals surface area contributed by atoms with Gasteiger partial charge in [-0.25, -0.2) is 0 Å². The summed E-state index contributed by atoms with van der Waals surface area (Å²) in [6.07, 6.45) is 2.89. The third-order valence-electron chi connectivity index (χ3n) is 5.26. The highest BCUT2D eigenvalue weighted by molar-refractivity contribution is 6.00. The fourth-order valence-corrected chi connectivity index (χ4v) is 3.74. The van der Waals surface area contributed by atoms with Gasteiger partial charge in [0.1, 0.15) is 5.75 Å². The number of fused-ring (bicyclic) bond motifs is 1. The van der Waals surface area contributed by atoms with E-state index in [-0.39, 0.29) is 24.2 Å². The minimum Gasteiger partial charge on any atom is -0.497 e. The first-order valence-electron chi connectivity index (χ1n) is 9.49. The molecule has 1 aromatic carbocycles. The third-order valence-corrected chi connectivity index (χ3v) is 5.26. The Kier molecular flexibility index (Phi) is 5.29. The maximum Gasteiger partial charge on any atom is 0.227 e. The molecule has 28 heavy (non-hydrogen) atoms. The Labute approximate surface area is 163 Å². The molecule has 8 nitrogen and oxygen atoms in total. The lowest BCUT2D eigenvalue weighted by Gasteiger charge is -2.18. The van der Waals surface area contributed by atoms with Crippen molar-refractivity contribution in [2.75, 3.05) is 31.7 Å². The van der Waals surface area contributed by atoms with Gasteiger partial charge in [0, 0.05) is 48.9 Å². The van der Waals surface area contributed by atoms with Crippen LogP contribution in [0.15, 0.2) is 30.5 Å². The molecular formula is C20H24N4O4. The lowest BCUT2D eigenvalue weighted by atomic mass is 10.1. The Hall–Kier alpha value is -2.87. The summed E-state index contributed by atoms with van der Waals surface area (Å²) in [6.45, 7) is 2.78. The molecule has 1 N–H and O–H groups in total. The molecule has 4 rings (SSSR count). The number of methoxy groups -OCH3 is 1. The van der Waals surface area contributed by atoms with Crippen LogP contribution in [0.4, 0.5) is 5.69 Å². The summed E-state index contributed by atoms with van der Waals surface area (Å²) in [5.41, 5.74) is 3.05.